The first-order chi connectivity index (χ1) is 12.0. The number of nitrogens with zero attached hydrogens (tertiary/aromatic N) is 2. The molecule has 1 saturated heterocycles. The van der Waals surface area contributed by atoms with Crippen LogP contribution in [0.25, 0.3) is 0 Å². The van der Waals surface area contributed by atoms with E-state index in [4.69, 9.17) is 4.74 Å². The van der Waals surface area contributed by atoms with E-state index in [0.717, 1.165) is 5.56 Å². The number of amides is 1. The molecule has 4 nitrogen and oxygen atoms in total. The average molecular weight is 364 g/mol. The van der Waals surface area contributed by atoms with E-state index in [1.54, 1.807) is 41.4 Å². The van der Waals surface area contributed by atoms with Gasteiger partial charge in [-0.25, -0.2) is 4.98 Å². The molecule has 2 heterocycles. The van der Waals surface area contributed by atoms with Crippen LogP contribution in [0.2, 0.25) is 0 Å². The highest BCUT2D eigenvalue weighted by Gasteiger charge is 2.30. The highest BCUT2D eigenvalue weighted by molar-refractivity contribution is 7.99. The first-order valence-electron chi connectivity index (χ1n) is 7.95. The minimum absolute atomic E-state index is 0.144. The normalized spacial score (nSPS) is 17.1. The van der Waals surface area contributed by atoms with Gasteiger partial charge in [0.15, 0.2) is 0 Å². The molecule has 0 spiro atoms. The van der Waals surface area contributed by atoms with E-state index in [1.165, 1.54) is 0 Å². The van der Waals surface area contributed by atoms with Gasteiger partial charge in [0.2, 0.25) is 5.88 Å². The molecule has 0 radical (unpaired) electrons. The highest BCUT2D eigenvalue weighted by atomic mass is 32.2. The Bertz CT molecular complexity index is 740. The van der Waals surface area contributed by atoms with Gasteiger partial charge in [-0.2, -0.15) is 8.78 Å². The molecule has 1 aromatic carbocycles. The van der Waals surface area contributed by atoms with Crippen LogP contribution in [0.1, 0.15) is 22.3 Å². The molecule has 1 aliphatic rings. The van der Waals surface area contributed by atoms with E-state index >= 15 is 0 Å². The molecular weight excluding hydrogens is 346 g/mol. The fraction of sp³-hybridized carbons (Fsp3) is 0.333. The van der Waals surface area contributed by atoms with E-state index < -0.39 is 5.76 Å². The zero-order valence-corrected chi connectivity index (χ0v) is 14.5. The summed E-state index contributed by atoms with van der Waals surface area (Å²) in [5, 5.41) is 0. The summed E-state index contributed by atoms with van der Waals surface area (Å²) in [7, 11) is 0. The van der Waals surface area contributed by atoms with Crippen LogP contribution in [0, 0.1) is 6.92 Å². The Morgan fingerprint density at radius 1 is 1.32 bits per heavy atom. The van der Waals surface area contributed by atoms with E-state index in [2.05, 4.69) is 4.98 Å². The largest absolute Gasteiger partial charge is 0.472 e. The van der Waals surface area contributed by atoms with Crippen LogP contribution in [0.4, 0.5) is 8.78 Å². The molecule has 0 saturated carbocycles. The van der Waals surface area contributed by atoms with Crippen LogP contribution in [-0.4, -0.2) is 40.7 Å². The van der Waals surface area contributed by atoms with Crippen LogP contribution >= 0.6 is 11.8 Å². The third kappa shape index (κ3) is 4.48. The molecule has 3 rings (SSSR count). The van der Waals surface area contributed by atoms with Gasteiger partial charge < -0.3 is 9.64 Å². The molecule has 1 aromatic heterocycles. The van der Waals surface area contributed by atoms with Gasteiger partial charge in [-0.3, -0.25) is 4.79 Å². The number of hydrogen-bond acceptors (Lipinski definition) is 4. The van der Waals surface area contributed by atoms with Gasteiger partial charge in [-0.1, -0.05) is 30.0 Å². The second kappa shape index (κ2) is 7.82. The molecule has 0 bridgehead atoms. The fourth-order valence-corrected chi connectivity index (χ4v) is 3.35. The van der Waals surface area contributed by atoms with Crippen molar-refractivity contribution in [1.29, 1.82) is 0 Å². The Hall–Kier alpha value is -2.15. The average Bonchev–Trinajstić information content (AvgIpc) is 3.05. The maximum atomic E-state index is 12.7. The van der Waals surface area contributed by atoms with Crippen molar-refractivity contribution in [3.63, 3.8) is 0 Å². The smallest absolute Gasteiger partial charge is 0.288 e. The van der Waals surface area contributed by atoms with Crippen molar-refractivity contribution in [1.82, 2.24) is 9.88 Å². The number of ether oxygens (including phenoxy) is 1. The molecule has 25 heavy (non-hydrogen) atoms. The van der Waals surface area contributed by atoms with Crippen molar-refractivity contribution in [3.8, 4) is 5.88 Å². The molecule has 1 fully saturated rings. The number of likely N-dealkylation sites (tertiary alicyclic amines) is 1. The Morgan fingerprint density at radius 2 is 2.12 bits per heavy atom. The lowest BCUT2D eigenvalue weighted by Gasteiger charge is -2.18. The quantitative estimate of drug-likeness (QED) is 0.752. The number of hydrogen-bond donors (Lipinski definition) is 0. The Kier molecular flexibility index (Phi) is 5.53. The number of carbonyl (C=O) groups excluding carboxylic acids is 1. The third-order valence-electron chi connectivity index (χ3n) is 3.94. The SMILES string of the molecule is Cc1ccc(OC2CCN(C(=O)c3ccccc3SC(F)F)C2)nc1. The molecule has 1 aliphatic heterocycles. The predicted molar refractivity (Wildman–Crippen MR) is 92.2 cm³/mol. The molecule has 0 aliphatic carbocycles. The summed E-state index contributed by atoms with van der Waals surface area (Å²) in [6, 6.07) is 10.2. The second-order valence-corrected chi connectivity index (χ2v) is 6.86. The van der Waals surface area contributed by atoms with E-state index in [9.17, 15) is 13.6 Å². The van der Waals surface area contributed by atoms with Gasteiger partial charge in [0.1, 0.15) is 6.10 Å². The number of halogens is 2. The summed E-state index contributed by atoms with van der Waals surface area (Å²) in [6.07, 6.45) is 2.27. The third-order valence-corrected chi connectivity index (χ3v) is 4.73. The van der Waals surface area contributed by atoms with E-state index in [1.807, 2.05) is 13.0 Å². The van der Waals surface area contributed by atoms with Crippen molar-refractivity contribution in [2.75, 3.05) is 13.1 Å². The second-order valence-electron chi connectivity index (χ2n) is 5.83. The summed E-state index contributed by atoms with van der Waals surface area (Å²) in [5.74, 6) is -2.28. The number of carbonyl (C=O) groups is 1. The Labute approximate surface area is 149 Å². The summed E-state index contributed by atoms with van der Waals surface area (Å²) in [5.41, 5.74) is 1.35. The monoisotopic (exact) mass is 364 g/mol. The van der Waals surface area contributed by atoms with Gasteiger partial charge in [0.25, 0.3) is 11.7 Å². The molecular formula is C18H18F2N2O2S. The predicted octanol–water partition coefficient (Wildman–Crippen LogP) is 4.00. The van der Waals surface area contributed by atoms with Gasteiger partial charge in [-0.05, 0) is 24.6 Å². The fourth-order valence-electron chi connectivity index (χ4n) is 2.72. The number of alkyl halides is 2. The summed E-state index contributed by atoms with van der Waals surface area (Å²) >= 11 is 0.395. The maximum Gasteiger partial charge on any atom is 0.288 e. The van der Waals surface area contributed by atoms with Crippen molar-refractivity contribution in [2.24, 2.45) is 0 Å². The Balaban J connectivity index is 1.65. The van der Waals surface area contributed by atoms with Crippen LogP contribution in [0.5, 0.6) is 5.88 Å². The summed E-state index contributed by atoms with van der Waals surface area (Å²) in [4.78, 5) is 18.8. The van der Waals surface area contributed by atoms with E-state index in [0.29, 0.717) is 47.6 Å². The van der Waals surface area contributed by atoms with Crippen molar-refractivity contribution in [3.05, 3.63) is 53.7 Å². The Morgan fingerprint density at radius 3 is 2.84 bits per heavy atom. The number of rotatable bonds is 5. The lowest BCUT2D eigenvalue weighted by atomic mass is 10.2. The highest BCUT2D eigenvalue weighted by Crippen LogP contribution is 2.30. The number of benzene rings is 1. The lowest BCUT2D eigenvalue weighted by molar-refractivity contribution is 0.0768. The van der Waals surface area contributed by atoms with Gasteiger partial charge >= 0.3 is 0 Å². The molecule has 2 aromatic rings. The number of pyridine rings is 1. The zero-order chi connectivity index (χ0) is 17.8. The number of aryl methyl sites for hydroxylation is 1. The minimum Gasteiger partial charge on any atom is -0.472 e. The summed E-state index contributed by atoms with van der Waals surface area (Å²) in [6.45, 7) is 2.90. The number of aromatic nitrogens is 1. The zero-order valence-electron chi connectivity index (χ0n) is 13.7. The topological polar surface area (TPSA) is 42.4 Å². The maximum absolute atomic E-state index is 12.7. The van der Waals surface area contributed by atoms with Crippen molar-refractivity contribution < 1.29 is 18.3 Å². The lowest BCUT2D eigenvalue weighted by Crippen LogP contribution is -2.31. The van der Waals surface area contributed by atoms with Gasteiger partial charge in [0, 0.05) is 30.1 Å². The van der Waals surface area contributed by atoms with Crippen LogP contribution in [0.3, 0.4) is 0 Å². The van der Waals surface area contributed by atoms with Crippen LogP contribution in [0.15, 0.2) is 47.5 Å². The molecule has 1 amide bonds. The molecule has 0 N–H and O–H groups in total. The minimum atomic E-state index is -2.56. The molecule has 1 unspecified atom stereocenters. The molecule has 1 atom stereocenters. The first-order valence-corrected chi connectivity index (χ1v) is 8.83. The first kappa shape index (κ1) is 17.7. The number of thioether (sulfide) groups is 1. The molecule has 132 valence electrons. The van der Waals surface area contributed by atoms with Crippen LogP contribution in [-0.2, 0) is 0 Å². The van der Waals surface area contributed by atoms with Gasteiger partial charge in [-0.15, -0.1) is 0 Å². The van der Waals surface area contributed by atoms with Crippen LogP contribution < -0.4 is 4.74 Å². The van der Waals surface area contributed by atoms with E-state index in [-0.39, 0.29) is 12.0 Å². The summed E-state index contributed by atoms with van der Waals surface area (Å²) < 4.78 is 31.2. The van der Waals surface area contributed by atoms with Gasteiger partial charge in [0.05, 0.1) is 12.1 Å². The van der Waals surface area contributed by atoms with Crippen molar-refractivity contribution in [2.45, 2.75) is 30.1 Å². The van der Waals surface area contributed by atoms with Crippen molar-refractivity contribution >= 4 is 17.7 Å². The molecule has 7 heteroatoms. The standard InChI is InChI=1S/C18H18F2N2O2S/c1-12-6-7-16(21-10-12)24-13-8-9-22(11-13)17(23)14-4-2-3-5-15(14)25-18(19)20/h2-7,10,13,18H,8-9,11H2,1H3.